The molecule has 0 radical (unpaired) electrons. The van der Waals surface area contributed by atoms with Gasteiger partial charge in [0.25, 0.3) is 0 Å². The molecule has 0 aliphatic carbocycles. The van der Waals surface area contributed by atoms with Crippen LogP contribution in [0.3, 0.4) is 0 Å². The van der Waals surface area contributed by atoms with E-state index in [1.165, 1.54) is 0 Å². The van der Waals surface area contributed by atoms with Crippen LogP contribution in [0.4, 0.5) is 4.79 Å². The Bertz CT molecular complexity index is 447. The monoisotopic (exact) mass is 310 g/mol. The zero-order valence-corrected chi connectivity index (χ0v) is 12.8. The Morgan fingerprint density at radius 3 is 2.35 bits per heavy atom. The van der Waals surface area contributed by atoms with E-state index in [0.29, 0.717) is 0 Å². The molecule has 0 aromatic carbocycles. The maximum absolute atomic E-state index is 12.0. The van der Waals surface area contributed by atoms with Crippen LogP contribution < -0.4 is 10.5 Å². The quantitative estimate of drug-likeness (QED) is 0.266. The van der Waals surface area contributed by atoms with Gasteiger partial charge in [-0.25, -0.2) is 9.52 Å². The molecule has 0 atom stereocenters. The Kier molecular flexibility index (Phi) is 7.29. The third kappa shape index (κ3) is 6.57. The van der Waals surface area contributed by atoms with E-state index < -0.39 is 28.4 Å². The van der Waals surface area contributed by atoms with Gasteiger partial charge in [0.1, 0.15) is 5.84 Å². The number of carbonyl (C=O) groups excluding carboxylic acids is 1. The molecule has 1 amide bonds. The van der Waals surface area contributed by atoms with Crippen LogP contribution in [0, 0.1) is 0 Å². The summed E-state index contributed by atoms with van der Waals surface area (Å²) < 4.78 is 31.6. The SMILES string of the molecule is CC(C)OC(=O)NS(=O)(=O)N(CCC(N)=NO)C(C)C. The number of amidine groups is 1. The highest BCUT2D eigenvalue weighted by atomic mass is 32.2. The van der Waals surface area contributed by atoms with Crippen LogP contribution in [-0.4, -0.2) is 48.5 Å². The standard InChI is InChI=1S/C10H22N4O5S/c1-7(2)14(6-5-9(11)12-16)20(17,18)13-10(15)19-8(3)4/h7-8,16H,5-6H2,1-4H3,(H2,11,12)(H,13,15). The highest BCUT2D eigenvalue weighted by Gasteiger charge is 2.27. The summed E-state index contributed by atoms with van der Waals surface area (Å²) in [5.74, 6) is -0.101. The highest BCUT2D eigenvalue weighted by Crippen LogP contribution is 2.07. The summed E-state index contributed by atoms with van der Waals surface area (Å²) in [6, 6.07) is -0.411. The van der Waals surface area contributed by atoms with Crippen molar-refractivity contribution in [1.82, 2.24) is 9.03 Å². The van der Waals surface area contributed by atoms with Gasteiger partial charge in [-0.2, -0.15) is 12.7 Å². The van der Waals surface area contributed by atoms with Crippen LogP contribution >= 0.6 is 0 Å². The number of nitrogens with one attached hydrogen (secondary N) is 1. The summed E-state index contributed by atoms with van der Waals surface area (Å²) in [4.78, 5) is 11.4. The Morgan fingerprint density at radius 2 is 1.95 bits per heavy atom. The molecule has 0 bridgehead atoms. The summed E-state index contributed by atoms with van der Waals surface area (Å²) in [6.45, 7) is 6.45. The van der Waals surface area contributed by atoms with Gasteiger partial charge in [-0.05, 0) is 27.7 Å². The number of hydrogen-bond acceptors (Lipinski definition) is 6. The molecule has 0 spiro atoms. The average Bonchev–Trinajstić information content (AvgIpc) is 2.25. The number of ether oxygens (including phenoxy) is 1. The Morgan fingerprint density at radius 1 is 1.40 bits per heavy atom. The van der Waals surface area contributed by atoms with Crippen molar-refractivity contribution >= 4 is 22.1 Å². The van der Waals surface area contributed by atoms with Crippen LogP contribution in [-0.2, 0) is 14.9 Å². The number of amides is 1. The van der Waals surface area contributed by atoms with E-state index in [1.807, 2.05) is 0 Å². The molecule has 0 aliphatic heterocycles. The first kappa shape index (κ1) is 18.4. The molecule has 10 heteroatoms. The normalized spacial score (nSPS) is 13.1. The van der Waals surface area contributed by atoms with Gasteiger partial charge >= 0.3 is 16.3 Å². The van der Waals surface area contributed by atoms with Crippen molar-refractivity contribution in [3.8, 4) is 0 Å². The number of nitrogens with zero attached hydrogens (tertiary/aromatic N) is 2. The summed E-state index contributed by atoms with van der Waals surface area (Å²) >= 11 is 0. The van der Waals surface area contributed by atoms with Crippen LogP contribution in [0.5, 0.6) is 0 Å². The van der Waals surface area contributed by atoms with E-state index in [0.717, 1.165) is 4.31 Å². The molecule has 0 aromatic heterocycles. The molecule has 0 saturated heterocycles. The molecule has 0 aromatic rings. The zero-order valence-electron chi connectivity index (χ0n) is 12.0. The fourth-order valence-corrected chi connectivity index (χ4v) is 2.60. The maximum atomic E-state index is 12.0. The summed E-state index contributed by atoms with van der Waals surface area (Å²) in [5.41, 5.74) is 5.30. The van der Waals surface area contributed by atoms with Crippen LogP contribution in [0.15, 0.2) is 5.16 Å². The number of oxime groups is 1. The summed E-state index contributed by atoms with van der Waals surface area (Å²) in [7, 11) is -4.05. The summed E-state index contributed by atoms with van der Waals surface area (Å²) in [5, 5.41) is 11.2. The zero-order chi connectivity index (χ0) is 15.9. The van der Waals surface area contributed by atoms with Gasteiger partial charge < -0.3 is 15.7 Å². The topological polar surface area (TPSA) is 134 Å². The van der Waals surface area contributed by atoms with Gasteiger partial charge in [-0.3, -0.25) is 0 Å². The minimum Gasteiger partial charge on any atom is -0.446 e. The van der Waals surface area contributed by atoms with Crippen LogP contribution in [0.25, 0.3) is 0 Å². The lowest BCUT2D eigenvalue weighted by atomic mass is 10.3. The second-order valence-electron chi connectivity index (χ2n) is 4.61. The van der Waals surface area contributed by atoms with Gasteiger partial charge in [0, 0.05) is 19.0 Å². The van der Waals surface area contributed by atoms with Crippen molar-refractivity contribution in [2.24, 2.45) is 10.9 Å². The van der Waals surface area contributed by atoms with Crippen molar-refractivity contribution in [3.63, 3.8) is 0 Å². The Balaban J connectivity index is 4.85. The van der Waals surface area contributed by atoms with Gasteiger partial charge in [0.2, 0.25) is 0 Å². The lowest BCUT2D eigenvalue weighted by Crippen LogP contribution is -2.48. The molecular weight excluding hydrogens is 288 g/mol. The lowest BCUT2D eigenvalue weighted by molar-refractivity contribution is 0.121. The molecular formula is C10H22N4O5S. The first-order valence-corrected chi connectivity index (χ1v) is 7.50. The lowest BCUT2D eigenvalue weighted by Gasteiger charge is -2.25. The molecule has 0 fully saturated rings. The van der Waals surface area contributed by atoms with E-state index in [-0.39, 0.29) is 18.8 Å². The van der Waals surface area contributed by atoms with E-state index in [1.54, 1.807) is 32.4 Å². The predicted octanol–water partition coefficient (Wildman–Crippen LogP) is 0.213. The molecule has 0 saturated carbocycles. The van der Waals surface area contributed by atoms with Crippen molar-refractivity contribution in [3.05, 3.63) is 0 Å². The van der Waals surface area contributed by atoms with Crippen molar-refractivity contribution in [2.45, 2.75) is 46.3 Å². The fraction of sp³-hybridized carbons (Fsp3) is 0.800. The maximum Gasteiger partial charge on any atom is 0.422 e. The van der Waals surface area contributed by atoms with Crippen LogP contribution in [0.2, 0.25) is 0 Å². The smallest absolute Gasteiger partial charge is 0.422 e. The average molecular weight is 310 g/mol. The molecule has 0 rings (SSSR count). The number of nitrogens with two attached hydrogens (primary N) is 1. The van der Waals surface area contributed by atoms with Crippen molar-refractivity contribution in [1.29, 1.82) is 0 Å². The van der Waals surface area contributed by atoms with Crippen molar-refractivity contribution in [2.75, 3.05) is 6.54 Å². The Hall–Kier alpha value is -1.55. The van der Waals surface area contributed by atoms with E-state index in [4.69, 9.17) is 15.7 Å². The third-order valence-corrected chi connectivity index (χ3v) is 3.80. The first-order chi connectivity index (χ1) is 9.10. The second kappa shape index (κ2) is 7.90. The van der Waals surface area contributed by atoms with Gasteiger partial charge in [-0.1, -0.05) is 5.16 Å². The fourth-order valence-electron chi connectivity index (χ4n) is 1.33. The van der Waals surface area contributed by atoms with Gasteiger partial charge in [-0.15, -0.1) is 0 Å². The molecule has 20 heavy (non-hydrogen) atoms. The Labute approximate surface area is 118 Å². The van der Waals surface area contributed by atoms with E-state index >= 15 is 0 Å². The van der Waals surface area contributed by atoms with Gasteiger partial charge in [0.15, 0.2) is 0 Å². The van der Waals surface area contributed by atoms with E-state index in [9.17, 15) is 13.2 Å². The number of rotatable bonds is 7. The second-order valence-corrected chi connectivity index (χ2v) is 6.23. The minimum atomic E-state index is -4.05. The minimum absolute atomic E-state index is 0.0299. The number of carbonyl (C=O) groups is 1. The highest BCUT2D eigenvalue weighted by molar-refractivity contribution is 7.87. The molecule has 4 N–H and O–H groups in total. The van der Waals surface area contributed by atoms with E-state index in [2.05, 4.69) is 5.16 Å². The molecule has 118 valence electrons. The van der Waals surface area contributed by atoms with Crippen molar-refractivity contribution < 1.29 is 23.2 Å². The third-order valence-electron chi connectivity index (χ3n) is 2.16. The first-order valence-electron chi connectivity index (χ1n) is 6.06. The molecule has 0 unspecified atom stereocenters. The number of hydrogen-bond donors (Lipinski definition) is 3. The summed E-state index contributed by atoms with van der Waals surface area (Å²) in [6.07, 6.45) is -1.45. The molecule has 0 heterocycles. The molecule has 0 aliphatic rings. The predicted molar refractivity (Wildman–Crippen MR) is 73.5 cm³/mol. The van der Waals surface area contributed by atoms with Crippen LogP contribution in [0.1, 0.15) is 34.1 Å². The molecule has 9 nitrogen and oxygen atoms in total. The largest absolute Gasteiger partial charge is 0.446 e. The van der Waals surface area contributed by atoms with Gasteiger partial charge in [0.05, 0.1) is 6.10 Å².